The predicted octanol–water partition coefficient (Wildman–Crippen LogP) is 5.56. The third-order valence-electron chi connectivity index (χ3n) is 7.92. The number of likely N-dealkylation sites (tertiary alicyclic amines) is 1. The van der Waals surface area contributed by atoms with Crippen LogP contribution in [-0.4, -0.2) is 36.6 Å². The van der Waals surface area contributed by atoms with Crippen LogP contribution in [0.15, 0.2) is 35.9 Å². The van der Waals surface area contributed by atoms with Crippen LogP contribution < -0.4 is 10.6 Å². The van der Waals surface area contributed by atoms with Gasteiger partial charge in [0.15, 0.2) is 0 Å². The van der Waals surface area contributed by atoms with E-state index in [1.54, 1.807) is 5.57 Å². The lowest BCUT2D eigenvalue weighted by atomic mass is 9.49. The SMILES string of the molecule is CC(C)(C)c1ccc(NC(=O)NC2CCN(CC3=CC[C@H]4CC3C4(C)C)CC2)cc1. The molecular formula is C26H39N3O. The number of urea groups is 1. The normalized spacial score (nSPS) is 26.5. The molecule has 2 bridgehead atoms. The largest absolute Gasteiger partial charge is 0.335 e. The standard InChI is InChI=1S/C26H39N3O/c1-25(2,3)19-8-10-21(11-9-19)27-24(30)28-22-12-14-29(15-13-22)17-18-6-7-20-16-23(18)26(20,4)5/h6,8-11,20,22-23H,7,12-17H2,1-5H3,(H2,27,28,30)/t20-,23?/m0/s1. The van der Waals surface area contributed by atoms with E-state index in [0.717, 1.165) is 50.0 Å². The molecule has 4 heteroatoms. The van der Waals surface area contributed by atoms with Crippen molar-refractivity contribution in [2.75, 3.05) is 25.0 Å². The second-order valence-electron chi connectivity index (χ2n) is 11.3. The molecule has 2 atom stereocenters. The summed E-state index contributed by atoms with van der Waals surface area (Å²) in [4.78, 5) is 15.0. The van der Waals surface area contributed by atoms with Crippen LogP contribution in [0.5, 0.6) is 0 Å². The summed E-state index contributed by atoms with van der Waals surface area (Å²) in [5.74, 6) is 1.70. The minimum Gasteiger partial charge on any atom is -0.335 e. The molecule has 1 saturated heterocycles. The van der Waals surface area contributed by atoms with E-state index in [1.165, 1.54) is 18.4 Å². The van der Waals surface area contributed by atoms with Gasteiger partial charge in [0.1, 0.15) is 0 Å². The molecule has 2 N–H and O–H groups in total. The van der Waals surface area contributed by atoms with Crippen molar-refractivity contribution in [2.45, 2.75) is 71.8 Å². The number of benzene rings is 1. The van der Waals surface area contributed by atoms with Gasteiger partial charge >= 0.3 is 6.03 Å². The van der Waals surface area contributed by atoms with Gasteiger partial charge in [-0.15, -0.1) is 0 Å². The Labute approximate surface area is 182 Å². The molecule has 4 aliphatic rings. The Morgan fingerprint density at radius 3 is 2.37 bits per heavy atom. The number of carbonyl (C=O) groups is 1. The van der Waals surface area contributed by atoms with Crippen LogP contribution in [0.3, 0.4) is 0 Å². The molecule has 1 aromatic carbocycles. The lowest BCUT2D eigenvalue weighted by Crippen LogP contribution is -2.51. The molecule has 2 fully saturated rings. The number of hydrogen-bond donors (Lipinski definition) is 2. The summed E-state index contributed by atoms with van der Waals surface area (Å²) in [6.45, 7) is 14.8. The Hall–Kier alpha value is -1.81. The van der Waals surface area contributed by atoms with Gasteiger partial charge in [-0.25, -0.2) is 4.79 Å². The Morgan fingerprint density at radius 2 is 1.80 bits per heavy atom. The van der Waals surface area contributed by atoms with E-state index < -0.39 is 0 Å². The molecule has 2 amide bonds. The van der Waals surface area contributed by atoms with Crippen LogP contribution in [-0.2, 0) is 5.41 Å². The number of rotatable bonds is 4. The highest BCUT2D eigenvalue weighted by molar-refractivity contribution is 5.89. The number of hydrogen-bond acceptors (Lipinski definition) is 2. The van der Waals surface area contributed by atoms with Crippen molar-refractivity contribution in [3.05, 3.63) is 41.5 Å². The number of nitrogens with zero attached hydrogens (tertiary/aromatic N) is 1. The molecule has 1 saturated carbocycles. The first kappa shape index (κ1) is 21.4. The maximum absolute atomic E-state index is 12.4. The second kappa shape index (κ2) is 8.03. The molecular weight excluding hydrogens is 370 g/mol. The minimum atomic E-state index is -0.0887. The van der Waals surface area contributed by atoms with E-state index >= 15 is 0 Å². The summed E-state index contributed by atoms with van der Waals surface area (Å²) in [5.41, 5.74) is 4.43. The zero-order valence-electron chi connectivity index (χ0n) is 19.4. The molecule has 0 aromatic heterocycles. The molecule has 30 heavy (non-hydrogen) atoms. The molecule has 1 aliphatic heterocycles. The second-order valence-corrected chi connectivity index (χ2v) is 11.3. The van der Waals surface area contributed by atoms with Gasteiger partial charge in [0, 0.05) is 31.4 Å². The molecule has 1 heterocycles. The monoisotopic (exact) mass is 409 g/mol. The van der Waals surface area contributed by atoms with Crippen LogP contribution in [0.4, 0.5) is 10.5 Å². The molecule has 5 rings (SSSR count). The lowest BCUT2D eigenvalue weighted by Gasteiger charge is -2.57. The van der Waals surface area contributed by atoms with Gasteiger partial charge in [0.05, 0.1) is 0 Å². The van der Waals surface area contributed by atoms with E-state index in [4.69, 9.17) is 0 Å². The van der Waals surface area contributed by atoms with E-state index in [0.29, 0.717) is 5.41 Å². The highest BCUT2D eigenvalue weighted by Gasteiger charge is 2.51. The third-order valence-corrected chi connectivity index (χ3v) is 7.92. The number of allylic oxidation sites excluding steroid dienone is 1. The van der Waals surface area contributed by atoms with Gasteiger partial charge in [-0.1, -0.05) is 58.4 Å². The Bertz CT molecular complexity index is 795. The van der Waals surface area contributed by atoms with Gasteiger partial charge in [-0.05, 0) is 66.0 Å². The number of amides is 2. The van der Waals surface area contributed by atoms with Crippen LogP contribution in [0.1, 0.15) is 65.9 Å². The molecule has 1 unspecified atom stereocenters. The van der Waals surface area contributed by atoms with Crippen molar-refractivity contribution in [3.8, 4) is 0 Å². The summed E-state index contributed by atoms with van der Waals surface area (Å²) in [6.07, 6.45) is 7.25. The smallest absolute Gasteiger partial charge is 0.319 e. The van der Waals surface area contributed by atoms with Gasteiger partial charge in [0.2, 0.25) is 0 Å². The van der Waals surface area contributed by atoms with Crippen LogP contribution in [0.25, 0.3) is 0 Å². The first-order valence-electron chi connectivity index (χ1n) is 11.7. The van der Waals surface area contributed by atoms with Crippen LogP contribution in [0, 0.1) is 17.3 Å². The number of nitrogens with one attached hydrogen (secondary N) is 2. The van der Waals surface area contributed by atoms with Crippen molar-refractivity contribution in [1.82, 2.24) is 10.2 Å². The summed E-state index contributed by atoms with van der Waals surface area (Å²) < 4.78 is 0. The number of anilines is 1. The fourth-order valence-electron chi connectivity index (χ4n) is 5.56. The van der Waals surface area contributed by atoms with Crippen LogP contribution >= 0.6 is 0 Å². The van der Waals surface area contributed by atoms with Crippen LogP contribution in [0.2, 0.25) is 0 Å². The molecule has 1 aromatic rings. The summed E-state index contributed by atoms with van der Waals surface area (Å²) >= 11 is 0. The summed E-state index contributed by atoms with van der Waals surface area (Å²) in [5, 5.41) is 6.17. The zero-order chi connectivity index (χ0) is 21.5. The van der Waals surface area contributed by atoms with Crippen molar-refractivity contribution < 1.29 is 4.79 Å². The Kier molecular flexibility index (Phi) is 5.73. The van der Waals surface area contributed by atoms with Crippen molar-refractivity contribution in [2.24, 2.45) is 17.3 Å². The predicted molar refractivity (Wildman–Crippen MR) is 125 cm³/mol. The quantitative estimate of drug-likeness (QED) is 0.639. The number of carbonyl (C=O) groups excluding carboxylic acids is 1. The first-order chi connectivity index (χ1) is 14.1. The highest BCUT2D eigenvalue weighted by atomic mass is 16.2. The fourth-order valence-corrected chi connectivity index (χ4v) is 5.56. The molecule has 0 radical (unpaired) electrons. The lowest BCUT2D eigenvalue weighted by molar-refractivity contribution is -0.0113. The maximum atomic E-state index is 12.4. The van der Waals surface area contributed by atoms with E-state index in [1.807, 2.05) is 12.1 Å². The molecule has 0 spiro atoms. The van der Waals surface area contributed by atoms with E-state index in [9.17, 15) is 4.79 Å². The third kappa shape index (κ3) is 4.44. The van der Waals surface area contributed by atoms with Gasteiger partial charge in [0.25, 0.3) is 0 Å². The average molecular weight is 410 g/mol. The number of piperidine rings is 1. The van der Waals surface area contributed by atoms with E-state index in [2.05, 4.69) is 68.4 Å². The highest BCUT2D eigenvalue weighted by Crippen LogP contribution is 2.59. The van der Waals surface area contributed by atoms with E-state index in [-0.39, 0.29) is 17.5 Å². The minimum absolute atomic E-state index is 0.0887. The summed E-state index contributed by atoms with van der Waals surface area (Å²) in [6, 6.07) is 8.36. The topological polar surface area (TPSA) is 44.4 Å². The zero-order valence-corrected chi connectivity index (χ0v) is 19.4. The first-order valence-corrected chi connectivity index (χ1v) is 11.7. The average Bonchev–Trinajstić information content (AvgIpc) is 2.69. The van der Waals surface area contributed by atoms with Crippen molar-refractivity contribution in [1.29, 1.82) is 0 Å². The fraction of sp³-hybridized carbons (Fsp3) is 0.654. The van der Waals surface area contributed by atoms with Gasteiger partial charge < -0.3 is 10.6 Å². The van der Waals surface area contributed by atoms with Gasteiger partial charge in [-0.2, -0.15) is 0 Å². The molecule has 164 valence electrons. The number of fused-ring (bicyclic) bond motifs is 1. The Balaban J connectivity index is 1.21. The summed E-state index contributed by atoms with van der Waals surface area (Å²) in [7, 11) is 0. The van der Waals surface area contributed by atoms with Crippen molar-refractivity contribution in [3.63, 3.8) is 0 Å². The Morgan fingerprint density at radius 1 is 1.13 bits per heavy atom. The maximum Gasteiger partial charge on any atom is 0.319 e. The molecule has 4 nitrogen and oxygen atoms in total. The van der Waals surface area contributed by atoms with Crippen molar-refractivity contribution >= 4 is 11.7 Å². The van der Waals surface area contributed by atoms with Gasteiger partial charge in [-0.3, -0.25) is 4.90 Å². The molecule has 3 aliphatic carbocycles.